The van der Waals surface area contributed by atoms with Crippen molar-refractivity contribution < 1.29 is 0 Å². The zero-order chi connectivity index (χ0) is 8.55. The highest BCUT2D eigenvalue weighted by molar-refractivity contribution is 9.10. The van der Waals surface area contributed by atoms with E-state index in [2.05, 4.69) is 31.2 Å². The predicted octanol–water partition coefficient (Wildman–Crippen LogP) is 1.53. The second-order valence-electron chi connectivity index (χ2n) is 2.32. The van der Waals surface area contributed by atoms with Gasteiger partial charge in [0.05, 0.1) is 0 Å². The van der Waals surface area contributed by atoms with Gasteiger partial charge in [0.15, 0.2) is 11.5 Å². The fourth-order valence-electron chi connectivity index (χ4n) is 1.07. The van der Waals surface area contributed by atoms with Crippen LogP contribution < -0.4 is 5.32 Å². The highest BCUT2D eigenvalue weighted by atomic mass is 79.9. The monoisotopic (exact) mass is 226 g/mol. The van der Waals surface area contributed by atoms with E-state index in [-0.39, 0.29) is 0 Å². The molecule has 0 bridgehead atoms. The van der Waals surface area contributed by atoms with Gasteiger partial charge in [-0.2, -0.15) is 0 Å². The molecule has 12 heavy (non-hydrogen) atoms. The lowest BCUT2D eigenvalue weighted by Gasteiger charge is -2.01. The van der Waals surface area contributed by atoms with Gasteiger partial charge in [0, 0.05) is 25.6 Å². The van der Waals surface area contributed by atoms with Crippen LogP contribution in [0, 0.1) is 0 Å². The van der Waals surface area contributed by atoms with Gasteiger partial charge in [-0.1, -0.05) is 0 Å². The number of halogens is 1. The van der Waals surface area contributed by atoms with Crippen LogP contribution in [0.3, 0.4) is 0 Å². The van der Waals surface area contributed by atoms with E-state index in [0.29, 0.717) is 0 Å². The summed E-state index contributed by atoms with van der Waals surface area (Å²) in [7, 11) is 1.82. The summed E-state index contributed by atoms with van der Waals surface area (Å²) >= 11 is 3.31. The molecule has 0 spiro atoms. The molecule has 0 fully saturated rings. The maximum Gasteiger partial charge on any atom is 0.180 e. The summed E-state index contributed by atoms with van der Waals surface area (Å²) in [5.74, 6) is 0.773. The first-order valence-corrected chi connectivity index (χ1v) is 4.27. The van der Waals surface area contributed by atoms with Crippen molar-refractivity contribution in [3.05, 3.63) is 23.2 Å². The molecule has 2 aromatic heterocycles. The number of nitrogens with one attached hydrogen (secondary N) is 1. The van der Waals surface area contributed by atoms with Crippen molar-refractivity contribution in [2.45, 2.75) is 0 Å². The first kappa shape index (κ1) is 7.54. The molecule has 2 rings (SSSR count). The Bertz CT molecular complexity index is 409. The fourth-order valence-corrected chi connectivity index (χ4v) is 1.47. The first-order valence-electron chi connectivity index (χ1n) is 3.48. The van der Waals surface area contributed by atoms with Crippen LogP contribution in [0.2, 0.25) is 0 Å². The van der Waals surface area contributed by atoms with Crippen LogP contribution in [0.1, 0.15) is 0 Å². The number of anilines is 1. The van der Waals surface area contributed by atoms with E-state index in [1.54, 1.807) is 6.20 Å². The van der Waals surface area contributed by atoms with E-state index in [1.807, 2.05) is 23.8 Å². The lowest BCUT2D eigenvalue weighted by Crippen LogP contribution is -1.97. The molecule has 0 amide bonds. The van der Waals surface area contributed by atoms with E-state index in [4.69, 9.17) is 0 Å². The number of imidazole rings is 1. The molecule has 0 atom stereocenters. The quantitative estimate of drug-likeness (QED) is 0.803. The Balaban J connectivity index is 2.80. The van der Waals surface area contributed by atoms with Crippen molar-refractivity contribution >= 4 is 27.4 Å². The molecule has 0 aromatic carbocycles. The van der Waals surface area contributed by atoms with Crippen LogP contribution in [-0.2, 0) is 0 Å². The van der Waals surface area contributed by atoms with Crippen LogP contribution >= 0.6 is 15.9 Å². The number of aromatic nitrogens is 3. The topological polar surface area (TPSA) is 42.2 Å². The SMILES string of the molecule is CNc1nc(Br)cn2ccnc12. The Hall–Kier alpha value is -1.10. The highest BCUT2D eigenvalue weighted by Crippen LogP contribution is 2.15. The fraction of sp³-hybridized carbons (Fsp3) is 0.143. The molecular formula is C7H7BrN4. The van der Waals surface area contributed by atoms with Crippen LogP contribution in [0.15, 0.2) is 23.2 Å². The summed E-state index contributed by atoms with van der Waals surface area (Å²) in [6, 6.07) is 0. The molecule has 0 aliphatic rings. The minimum Gasteiger partial charge on any atom is -0.370 e. The third-order valence-electron chi connectivity index (χ3n) is 1.58. The van der Waals surface area contributed by atoms with Crippen molar-refractivity contribution in [1.82, 2.24) is 14.4 Å². The summed E-state index contributed by atoms with van der Waals surface area (Å²) in [5.41, 5.74) is 0.834. The molecule has 0 saturated heterocycles. The lowest BCUT2D eigenvalue weighted by atomic mass is 10.6. The van der Waals surface area contributed by atoms with Gasteiger partial charge in [-0.25, -0.2) is 9.97 Å². The smallest absolute Gasteiger partial charge is 0.180 e. The maximum absolute atomic E-state index is 4.21. The van der Waals surface area contributed by atoms with Gasteiger partial charge in [0.25, 0.3) is 0 Å². The predicted molar refractivity (Wildman–Crippen MR) is 50.2 cm³/mol. The van der Waals surface area contributed by atoms with Gasteiger partial charge in [0.1, 0.15) is 4.60 Å². The van der Waals surface area contributed by atoms with Crippen LogP contribution in [0.25, 0.3) is 5.65 Å². The van der Waals surface area contributed by atoms with E-state index in [9.17, 15) is 0 Å². The molecule has 1 N–H and O–H groups in total. The summed E-state index contributed by atoms with van der Waals surface area (Å²) in [5, 5.41) is 2.97. The molecule has 0 aliphatic carbocycles. The Kier molecular flexibility index (Phi) is 1.73. The molecular weight excluding hydrogens is 220 g/mol. The minimum absolute atomic E-state index is 0.773. The van der Waals surface area contributed by atoms with Crippen LogP contribution in [0.4, 0.5) is 5.82 Å². The molecule has 4 nitrogen and oxygen atoms in total. The first-order chi connectivity index (χ1) is 5.81. The zero-order valence-electron chi connectivity index (χ0n) is 6.45. The maximum atomic E-state index is 4.21. The van der Waals surface area contributed by atoms with Gasteiger partial charge in [-0.15, -0.1) is 0 Å². The van der Waals surface area contributed by atoms with Crippen molar-refractivity contribution in [3.8, 4) is 0 Å². The summed E-state index contributed by atoms with van der Waals surface area (Å²) in [6.07, 6.45) is 5.48. The third kappa shape index (κ3) is 1.06. The zero-order valence-corrected chi connectivity index (χ0v) is 8.04. The van der Waals surface area contributed by atoms with Gasteiger partial charge in [-0.05, 0) is 15.9 Å². The normalized spacial score (nSPS) is 10.5. The molecule has 5 heteroatoms. The van der Waals surface area contributed by atoms with Crippen LogP contribution in [-0.4, -0.2) is 21.4 Å². The second kappa shape index (κ2) is 2.75. The lowest BCUT2D eigenvalue weighted by molar-refractivity contribution is 1.10. The van der Waals surface area contributed by atoms with Gasteiger partial charge in [0.2, 0.25) is 0 Å². The number of fused-ring (bicyclic) bond motifs is 1. The second-order valence-corrected chi connectivity index (χ2v) is 3.13. The number of rotatable bonds is 1. The van der Waals surface area contributed by atoms with Gasteiger partial charge >= 0.3 is 0 Å². The molecule has 2 aromatic rings. The summed E-state index contributed by atoms with van der Waals surface area (Å²) in [6.45, 7) is 0. The molecule has 0 radical (unpaired) electrons. The Morgan fingerprint density at radius 1 is 1.58 bits per heavy atom. The average molecular weight is 227 g/mol. The standard InChI is InChI=1S/C7H7BrN4/c1-9-6-7-10-2-3-12(7)4-5(8)11-6/h2-4H,1H3,(H,9,11). The average Bonchev–Trinajstić information content (AvgIpc) is 2.50. The molecule has 62 valence electrons. The largest absolute Gasteiger partial charge is 0.370 e. The van der Waals surface area contributed by atoms with E-state index in [0.717, 1.165) is 16.1 Å². The molecule has 0 saturated carbocycles. The van der Waals surface area contributed by atoms with Gasteiger partial charge in [-0.3, -0.25) is 0 Å². The number of hydrogen-bond acceptors (Lipinski definition) is 3. The van der Waals surface area contributed by atoms with E-state index >= 15 is 0 Å². The van der Waals surface area contributed by atoms with Crippen molar-refractivity contribution in [2.75, 3.05) is 12.4 Å². The van der Waals surface area contributed by atoms with E-state index < -0.39 is 0 Å². The molecule has 2 heterocycles. The summed E-state index contributed by atoms with van der Waals surface area (Å²) < 4.78 is 2.69. The molecule has 0 aliphatic heterocycles. The minimum atomic E-state index is 0.773. The van der Waals surface area contributed by atoms with Gasteiger partial charge < -0.3 is 9.72 Å². The van der Waals surface area contributed by atoms with Crippen molar-refractivity contribution in [1.29, 1.82) is 0 Å². The van der Waals surface area contributed by atoms with Crippen molar-refractivity contribution in [3.63, 3.8) is 0 Å². The Labute approximate surface area is 77.8 Å². The van der Waals surface area contributed by atoms with E-state index in [1.165, 1.54) is 0 Å². The van der Waals surface area contributed by atoms with Crippen molar-refractivity contribution in [2.24, 2.45) is 0 Å². The van der Waals surface area contributed by atoms with Crippen LogP contribution in [0.5, 0.6) is 0 Å². The third-order valence-corrected chi connectivity index (χ3v) is 1.96. The molecule has 0 unspecified atom stereocenters. The highest BCUT2D eigenvalue weighted by Gasteiger charge is 2.02. The Morgan fingerprint density at radius 2 is 2.42 bits per heavy atom. The number of hydrogen-bond donors (Lipinski definition) is 1. The number of nitrogens with zero attached hydrogens (tertiary/aromatic N) is 3. The summed E-state index contributed by atoms with van der Waals surface area (Å²) in [4.78, 5) is 8.36. The Morgan fingerprint density at radius 3 is 3.17 bits per heavy atom.